The van der Waals surface area contributed by atoms with E-state index in [1.165, 1.54) is 0 Å². The SMILES string of the molecule is CCC(Oc1ccc(Cl)cc1)C(=O)NC(CC)c1ccc(OC)cc1. The van der Waals surface area contributed by atoms with Crippen LogP contribution in [-0.2, 0) is 4.79 Å². The molecule has 0 aliphatic rings. The number of halogens is 1. The maximum atomic E-state index is 12.6. The zero-order chi connectivity index (χ0) is 18.2. The van der Waals surface area contributed by atoms with E-state index in [0.717, 1.165) is 17.7 Å². The summed E-state index contributed by atoms with van der Waals surface area (Å²) < 4.78 is 11.0. The second-order valence-electron chi connectivity index (χ2n) is 5.71. The van der Waals surface area contributed by atoms with Crippen LogP contribution in [0.3, 0.4) is 0 Å². The van der Waals surface area contributed by atoms with E-state index in [4.69, 9.17) is 21.1 Å². The summed E-state index contributed by atoms with van der Waals surface area (Å²) in [6.45, 7) is 3.96. The first-order chi connectivity index (χ1) is 12.1. The van der Waals surface area contributed by atoms with Crippen molar-refractivity contribution >= 4 is 17.5 Å². The van der Waals surface area contributed by atoms with E-state index < -0.39 is 6.10 Å². The zero-order valence-electron chi connectivity index (χ0n) is 14.8. The average Bonchev–Trinajstić information content (AvgIpc) is 2.65. The number of rotatable bonds is 8. The van der Waals surface area contributed by atoms with Gasteiger partial charge in [0.15, 0.2) is 6.10 Å². The predicted molar refractivity (Wildman–Crippen MR) is 100 cm³/mol. The predicted octanol–water partition coefficient (Wildman–Crippen LogP) is 4.77. The van der Waals surface area contributed by atoms with Crippen LogP contribution in [0.5, 0.6) is 11.5 Å². The topological polar surface area (TPSA) is 47.6 Å². The van der Waals surface area contributed by atoms with Crippen LogP contribution in [-0.4, -0.2) is 19.1 Å². The molecule has 0 fully saturated rings. The Balaban J connectivity index is 2.03. The molecule has 1 N–H and O–H groups in total. The van der Waals surface area contributed by atoms with E-state index in [2.05, 4.69) is 5.32 Å². The van der Waals surface area contributed by atoms with Gasteiger partial charge >= 0.3 is 0 Å². The first kappa shape index (κ1) is 19.1. The second kappa shape index (κ2) is 9.33. The number of benzene rings is 2. The summed E-state index contributed by atoms with van der Waals surface area (Å²) in [6, 6.07) is 14.7. The Labute approximate surface area is 154 Å². The van der Waals surface area contributed by atoms with Crippen LogP contribution in [0.1, 0.15) is 38.3 Å². The van der Waals surface area contributed by atoms with Crippen molar-refractivity contribution in [1.29, 1.82) is 0 Å². The van der Waals surface area contributed by atoms with Gasteiger partial charge < -0.3 is 14.8 Å². The maximum absolute atomic E-state index is 12.6. The third-order valence-corrected chi connectivity index (χ3v) is 4.25. The van der Waals surface area contributed by atoms with Crippen LogP contribution in [0.4, 0.5) is 0 Å². The quantitative estimate of drug-likeness (QED) is 0.736. The Bertz CT molecular complexity index is 670. The molecule has 2 aromatic rings. The molecule has 2 atom stereocenters. The fourth-order valence-corrected chi connectivity index (χ4v) is 2.65. The van der Waals surface area contributed by atoms with E-state index >= 15 is 0 Å². The van der Waals surface area contributed by atoms with Gasteiger partial charge in [-0.1, -0.05) is 37.6 Å². The summed E-state index contributed by atoms with van der Waals surface area (Å²) >= 11 is 5.88. The Hall–Kier alpha value is -2.20. The van der Waals surface area contributed by atoms with Gasteiger partial charge in [0, 0.05) is 5.02 Å². The number of hydrogen-bond acceptors (Lipinski definition) is 3. The Morgan fingerprint density at radius 2 is 1.60 bits per heavy atom. The van der Waals surface area contributed by atoms with Crippen molar-refractivity contribution in [2.24, 2.45) is 0 Å². The largest absolute Gasteiger partial charge is 0.497 e. The molecule has 0 radical (unpaired) electrons. The summed E-state index contributed by atoms with van der Waals surface area (Å²) in [5, 5.41) is 3.71. The molecule has 134 valence electrons. The van der Waals surface area contributed by atoms with Crippen LogP contribution in [0.25, 0.3) is 0 Å². The molecule has 0 aromatic heterocycles. The van der Waals surface area contributed by atoms with Gasteiger partial charge in [-0.25, -0.2) is 0 Å². The van der Waals surface area contributed by atoms with Crippen molar-refractivity contribution in [2.45, 2.75) is 38.8 Å². The second-order valence-corrected chi connectivity index (χ2v) is 6.15. The minimum Gasteiger partial charge on any atom is -0.497 e. The van der Waals surface area contributed by atoms with E-state index in [9.17, 15) is 4.79 Å². The fraction of sp³-hybridized carbons (Fsp3) is 0.350. The van der Waals surface area contributed by atoms with Gasteiger partial charge in [-0.05, 0) is 54.8 Å². The van der Waals surface area contributed by atoms with Gasteiger partial charge in [-0.2, -0.15) is 0 Å². The highest BCUT2D eigenvalue weighted by atomic mass is 35.5. The van der Waals surface area contributed by atoms with E-state index in [1.54, 1.807) is 31.4 Å². The van der Waals surface area contributed by atoms with E-state index in [-0.39, 0.29) is 11.9 Å². The molecule has 0 aliphatic carbocycles. The van der Waals surface area contributed by atoms with Crippen molar-refractivity contribution in [3.8, 4) is 11.5 Å². The van der Waals surface area contributed by atoms with Crippen LogP contribution < -0.4 is 14.8 Å². The molecule has 25 heavy (non-hydrogen) atoms. The minimum absolute atomic E-state index is 0.0683. The molecule has 0 saturated heterocycles. The number of carbonyl (C=O) groups excluding carboxylic acids is 1. The summed E-state index contributed by atoms with van der Waals surface area (Å²) in [6.07, 6.45) is 0.816. The summed E-state index contributed by atoms with van der Waals surface area (Å²) in [7, 11) is 1.63. The highest BCUT2D eigenvalue weighted by Gasteiger charge is 2.22. The van der Waals surface area contributed by atoms with E-state index in [0.29, 0.717) is 17.2 Å². The normalized spacial score (nSPS) is 13.0. The van der Waals surface area contributed by atoms with Gasteiger partial charge in [0.2, 0.25) is 0 Å². The molecular weight excluding hydrogens is 338 g/mol. The first-order valence-corrected chi connectivity index (χ1v) is 8.81. The Morgan fingerprint density at radius 3 is 2.12 bits per heavy atom. The molecule has 4 nitrogen and oxygen atoms in total. The summed E-state index contributed by atoms with van der Waals surface area (Å²) in [4.78, 5) is 12.6. The molecule has 2 aromatic carbocycles. The number of hydrogen-bond donors (Lipinski definition) is 1. The van der Waals surface area contributed by atoms with Crippen molar-refractivity contribution in [3.63, 3.8) is 0 Å². The summed E-state index contributed by atoms with van der Waals surface area (Å²) in [5.74, 6) is 1.30. The van der Waals surface area contributed by atoms with Crippen LogP contribution in [0, 0.1) is 0 Å². The van der Waals surface area contributed by atoms with Crippen LogP contribution >= 0.6 is 11.6 Å². The van der Waals surface area contributed by atoms with Crippen molar-refractivity contribution in [1.82, 2.24) is 5.32 Å². The smallest absolute Gasteiger partial charge is 0.261 e. The first-order valence-electron chi connectivity index (χ1n) is 8.43. The number of methoxy groups -OCH3 is 1. The molecule has 2 unspecified atom stereocenters. The molecule has 0 spiro atoms. The third kappa shape index (κ3) is 5.40. The Morgan fingerprint density at radius 1 is 1.00 bits per heavy atom. The lowest BCUT2D eigenvalue weighted by atomic mass is 10.0. The van der Waals surface area contributed by atoms with Gasteiger partial charge in [0.05, 0.1) is 13.2 Å². The highest BCUT2D eigenvalue weighted by Crippen LogP contribution is 2.21. The minimum atomic E-state index is -0.548. The molecule has 1 amide bonds. The number of amides is 1. The number of nitrogens with one attached hydrogen (secondary N) is 1. The number of ether oxygens (including phenoxy) is 2. The van der Waals surface area contributed by atoms with Crippen molar-refractivity contribution < 1.29 is 14.3 Å². The lowest BCUT2D eigenvalue weighted by molar-refractivity contribution is -0.128. The van der Waals surface area contributed by atoms with Crippen LogP contribution in [0.15, 0.2) is 48.5 Å². The maximum Gasteiger partial charge on any atom is 0.261 e. The molecule has 5 heteroatoms. The van der Waals surface area contributed by atoms with Crippen molar-refractivity contribution in [2.75, 3.05) is 7.11 Å². The summed E-state index contributed by atoms with van der Waals surface area (Å²) in [5.41, 5.74) is 1.04. The van der Waals surface area contributed by atoms with Gasteiger partial charge in [0.25, 0.3) is 5.91 Å². The fourth-order valence-electron chi connectivity index (χ4n) is 2.52. The lowest BCUT2D eigenvalue weighted by Crippen LogP contribution is -2.39. The third-order valence-electron chi connectivity index (χ3n) is 4.00. The monoisotopic (exact) mass is 361 g/mol. The average molecular weight is 362 g/mol. The van der Waals surface area contributed by atoms with Crippen LogP contribution in [0.2, 0.25) is 5.02 Å². The molecule has 0 aliphatic heterocycles. The standard InChI is InChI=1S/C20H24ClNO3/c1-4-18(14-6-10-16(24-3)11-7-14)22-20(23)19(5-2)25-17-12-8-15(21)9-13-17/h6-13,18-19H,4-5H2,1-3H3,(H,22,23). The molecule has 2 rings (SSSR count). The van der Waals surface area contributed by atoms with Gasteiger partial charge in [0.1, 0.15) is 11.5 Å². The number of carbonyl (C=O) groups is 1. The lowest BCUT2D eigenvalue weighted by Gasteiger charge is -2.22. The molecule has 0 saturated carbocycles. The van der Waals surface area contributed by atoms with Gasteiger partial charge in [-0.3, -0.25) is 4.79 Å². The molecule has 0 heterocycles. The zero-order valence-corrected chi connectivity index (χ0v) is 15.5. The van der Waals surface area contributed by atoms with E-state index in [1.807, 2.05) is 38.1 Å². The molecule has 0 bridgehead atoms. The Kier molecular flexibility index (Phi) is 7.14. The van der Waals surface area contributed by atoms with Gasteiger partial charge in [-0.15, -0.1) is 0 Å². The molecular formula is C20H24ClNO3. The van der Waals surface area contributed by atoms with Crippen molar-refractivity contribution in [3.05, 3.63) is 59.1 Å². The highest BCUT2D eigenvalue weighted by molar-refractivity contribution is 6.30.